The van der Waals surface area contributed by atoms with Gasteiger partial charge in [-0.2, -0.15) is 0 Å². The number of ketones is 3. The molecule has 4 aliphatic rings. The van der Waals surface area contributed by atoms with Crippen LogP contribution in [0.15, 0.2) is 47.6 Å². The number of fused-ring (bicyclic) bond motifs is 3. The largest absolute Gasteiger partial charge is 0.460 e. The molecule has 2 saturated heterocycles. The van der Waals surface area contributed by atoms with Gasteiger partial charge in [0.1, 0.15) is 30.1 Å². The summed E-state index contributed by atoms with van der Waals surface area (Å²) in [6, 6.07) is -1.14. The number of hydrogen-bond acceptors (Lipinski definition) is 13. The number of ether oxygens (including phenoxy) is 5. The Kier molecular flexibility index (Phi) is 21.0. The second-order valence-electron chi connectivity index (χ2n) is 19.6. The average Bonchev–Trinajstić information content (AvgIpc) is 3.28. The van der Waals surface area contributed by atoms with E-state index >= 15 is 0 Å². The molecular weight excluding hydrogens is 835 g/mol. The third-order valence-electron chi connectivity index (χ3n) is 14.5. The lowest BCUT2D eigenvalue weighted by Crippen LogP contribution is -2.61. The third-order valence-corrected chi connectivity index (χ3v) is 14.5. The number of nitrogens with zero attached hydrogens (tertiary/aromatic N) is 1. The Morgan fingerprint density at radius 1 is 0.846 bits per heavy atom. The van der Waals surface area contributed by atoms with E-state index < -0.39 is 83.9 Å². The number of aliphatic hydroxyl groups is 3. The first-order valence-electron chi connectivity index (χ1n) is 23.9. The van der Waals surface area contributed by atoms with Gasteiger partial charge in [0.15, 0.2) is 5.78 Å². The molecule has 0 aromatic rings. The minimum absolute atomic E-state index is 0.0193. The van der Waals surface area contributed by atoms with Crippen LogP contribution in [0, 0.1) is 35.5 Å². The molecule has 15 atom stereocenters. The van der Waals surface area contributed by atoms with Crippen LogP contribution in [0.5, 0.6) is 0 Å². The molecule has 0 spiro atoms. The molecule has 0 radical (unpaired) electrons. The van der Waals surface area contributed by atoms with Crippen LogP contribution in [0.2, 0.25) is 0 Å². The number of hydrogen-bond donors (Lipinski definition) is 3. The van der Waals surface area contributed by atoms with Crippen LogP contribution in [0.25, 0.3) is 0 Å². The topological polar surface area (TPSA) is 195 Å². The zero-order valence-electron chi connectivity index (χ0n) is 40.6. The van der Waals surface area contributed by atoms with E-state index in [1.54, 1.807) is 41.1 Å². The Balaban J connectivity index is 1.70. The van der Waals surface area contributed by atoms with Crippen LogP contribution in [0.4, 0.5) is 0 Å². The molecule has 65 heavy (non-hydrogen) atoms. The molecule has 1 saturated carbocycles. The van der Waals surface area contributed by atoms with Gasteiger partial charge in [0.05, 0.1) is 24.4 Å². The number of rotatable bonds is 6. The van der Waals surface area contributed by atoms with Gasteiger partial charge in [-0.1, -0.05) is 71.1 Å². The molecule has 1 amide bonds. The molecular formula is C51H79NO13. The summed E-state index contributed by atoms with van der Waals surface area (Å²) in [7, 11) is 4.52. The van der Waals surface area contributed by atoms with Gasteiger partial charge in [-0.05, 0) is 107 Å². The predicted molar refractivity (Wildman–Crippen MR) is 245 cm³/mol. The summed E-state index contributed by atoms with van der Waals surface area (Å²) in [5.41, 5.74) is 1.27. The zero-order chi connectivity index (χ0) is 48.2. The molecule has 14 heteroatoms. The second-order valence-corrected chi connectivity index (χ2v) is 19.6. The fourth-order valence-electron chi connectivity index (χ4n) is 10.1. The maximum Gasteiger partial charge on any atom is 0.329 e. The average molecular weight is 914 g/mol. The summed E-state index contributed by atoms with van der Waals surface area (Å²) < 4.78 is 29.4. The monoisotopic (exact) mass is 914 g/mol. The summed E-state index contributed by atoms with van der Waals surface area (Å²) in [6.45, 7) is 12.7. The van der Waals surface area contributed by atoms with Crippen LogP contribution < -0.4 is 0 Å². The van der Waals surface area contributed by atoms with E-state index in [4.69, 9.17) is 23.7 Å². The van der Waals surface area contributed by atoms with Gasteiger partial charge in [-0.25, -0.2) is 4.79 Å². The minimum atomic E-state index is -2.43. The number of Topliss-reactive ketones (excluding diaryl/α,β-unsaturated/α-hetero) is 3. The highest BCUT2D eigenvalue weighted by atomic mass is 16.6. The quantitative estimate of drug-likeness (QED) is 0.156. The normalized spacial score (nSPS) is 39.1. The van der Waals surface area contributed by atoms with E-state index in [1.807, 2.05) is 58.1 Å². The van der Waals surface area contributed by atoms with Crippen molar-refractivity contribution in [2.24, 2.45) is 35.5 Å². The van der Waals surface area contributed by atoms with Gasteiger partial charge in [-0.3, -0.25) is 19.2 Å². The highest BCUT2D eigenvalue weighted by Crippen LogP contribution is 2.38. The van der Waals surface area contributed by atoms with E-state index in [2.05, 4.69) is 0 Å². The molecule has 1 aliphatic carbocycles. The fraction of sp³-hybridized carbons (Fsp3) is 0.745. The van der Waals surface area contributed by atoms with Crippen molar-refractivity contribution in [3.05, 3.63) is 47.6 Å². The smallest absolute Gasteiger partial charge is 0.329 e. The summed E-state index contributed by atoms with van der Waals surface area (Å²) in [4.78, 5) is 71.8. The molecule has 3 N–H and O–H groups in total. The van der Waals surface area contributed by atoms with Gasteiger partial charge >= 0.3 is 5.97 Å². The van der Waals surface area contributed by atoms with Crippen molar-refractivity contribution in [1.29, 1.82) is 0 Å². The van der Waals surface area contributed by atoms with E-state index in [0.717, 1.165) is 12.0 Å². The molecule has 366 valence electrons. The Morgan fingerprint density at radius 3 is 2.25 bits per heavy atom. The molecule has 14 nitrogen and oxygen atoms in total. The van der Waals surface area contributed by atoms with E-state index in [9.17, 15) is 39.3 Å². The van der Waals surface area contributed by atoms with Crippen LogP contribution in [0.1, 0.15) is 126 Å². The summed E-state index contributed by atoms with van der Waals surface area (Å²) in [6.07, 6.45) is 11.2. The molecule has 2 unspecified atom stereocenters. The van der Waals surface area contributed by atoms with Gasteiger partial charge in [-0.15, -0.1) is 0 Å². The van der Waals surface area contributed by atoms with Crippen molar-refractivity contribution in [1.82, 2.24) is 4.90 Å². The third kappa shape index (κ3) is 14.3. The SMILES string of the molecule is CO[C@H]1C[C@@H]2CC[C@@H](C)[C@@](O)(O2)C(=O)C(=O)N2CCCC[C@H]2C(=O)O[C@H]([C@H](C)C[C@@H]2CC[C@@H](O)[C@H](OC)C2)CC(=O)C(C)/C=C(\C)[C@@H](O)[C@@H](OC)C(=O)C(C)C[C@H](C)/C=C/C=CC=C1C. The molecule has 0 aromatic heterocycles. The van der Waals surface area contributed by atoms with Crippen LogP contribution in [-0.2, 0) is 47.7 Å². The zero-order valence-corrected chi connectivity index (χ0v) is 40.6. The van der Waals surface area contributed by atoms with Crippen molar-refractivity contribution in [2.75, 3.05) is 27.9 Å². The first-order valence-corrected chi connectivity index (χ1v) is 23.9. The lowest BCUT2D eigenvalue weighted by Gasteiger charge is -2.42. The molecule has 0 aromatic carbocycles. The highest BCUT2D eigenvalue weighted by Gasteiger charge is 2.53. The lowest BCUT2D eigenvalue weighted by molar-refractivity contribution is -0.265. The first kappa shape index (κ1) is 54.2. The first-order chi connectivity index (χ1) is 30.7. The van der Waals surface area contributed by atoms with Gasteiger partial charge in [0, 0.05) is 58.5 Å². The number of piperidine rings is 1. The molecule has 3 heterocycles. The Bertz CT molecular complexity index is 1760. The highest BCUT2D eigenvalue weighted by molar-refractivity contribution is 6.39. The van der Waals surface area contributed by atoms with Gasteiger partial charge in [0.2, 0.25) is 5.79 Å². The number of amides is 1. The maximum atomic E-state index is 14.4. The standard InChI is InChI=1S/C51H79NO13/c1-30-16-12-11-13-17-31(2)42(61-8)28-38-21-19-36(7)51(60,65-38)48(57)49(58)52-23-15-14-18-39(52)50(59)64-43(33(4)26-37-20-22-40(53)44(27-37)62-9)29-41(54)32(3)25-35(6)46(56)47(63-10)45(55)34(5)24-30/h11-13,16-17,25,30,32-34,36-40,42-44,46-47,53,56,60H,14-15,18-24,26-29H2,1-10H3/b13-11?,16-12+,31-17?,35-25+/t30-,32?,33-,34?,36-,37+,38+,39+,40-,42+,43+,44-,46-,47+,51-/m1/s1. The van der Waals surface area contributed by atoms with Crippen molar-refractivity contribution >= 4 is 29.2 Å². The molecule has 3 aliphatic heterocycles. The summed E-state index contributed by atoms with van der Waals surface area (Å²) in [5, 5.41) is 33.8. The Morgan fingerprint density at radius 2 is 1.57 bits per heavy atom. The van der Waals surface area contributed by atoms with Gasteiger partial charge in [0.25, 0.3) is 11.7 Å². The Labute approximate surface area is 387 Å². The number of esters is 1. The van der Waals surface area contributed by atoms with Crippen molar-refractivity contribution in [2.45, 2.75) is 180 Å². The van der Waals surface area contributed by atoms with Crippen molar-refractivity contribution < 1.29 is 63.0 Å². The van der Waals surface area contributed by atoms with Crippen molar-refractivity contribution in [3.8, 4) is 0 Å². The number of carbonyl (C=O) groups is 5. The minimum Gasteiger partial charge on any atom is -0.460 e. The maximum absolute atomic E-state index is 14.4. The lowest BCUT2D eigenvalue weighted by atomic mass is 9.78. The molecule has 4 rings (SSSR count). The fourth-order valence-corrected chi connectivity index (χ4v) is 10.1. The van der Waals surface area contributed by atoms with Crippen molar-refractivity contribution in [3.63, 3.8) is 0 Å². The second kappa shape index (κ2) is 25.1. The molecule has 3 fully saturated rings. The number of aliphatic hydroxyl groups excluding tert-OH is 2. The number of cyclic esters (lactones) is 1. The van der Waals surface area contributed by atoms with Gasteiger partial charge < -0.3 is 43.9 Å². The van der Waals surface area contributed by atoms with Crippen LogP contribution in [0.3, 0.4) is 0 Å². The van der Waals surface area contributed by atoms with Crippen LogP contribution >= 0.6 is 0 Å². The molecule has 2 bridgehead atoms. The number of methoxy groups -OCH3 is 3. The predicted octanol–water partition coefficient (Wildman–Crippen LogP) is 6.18. The number of carbonyl (C=O) groups excluding carboxylic acids is 5. The number of allylic oxidation sites excluding steroid dienone is 6. The van der Waals surface area contributed by atoms with E-state index in [1.165, 1.54) is 12.0 Å². The Hall–Kier alpha value is -3.37. The summed E-state index contributed by atoms with van der Waals surface area (Å²) >= 11 is 0. The summed E-state index contributed by atoms with van der Waals surface area (Å²) in [5.74, 6) is -7.96. The van der Waals surface area contributed by atoms with E-state index in [0.29, 0.717) is 63.4 Å². The van der Waals surface area contributed by atoms with E-state index in [-0.39, 0.29) is 54.8 Å². The van der Waals surface area contributed by atoms with Crippen LogP contribution in [-0.4, -0.2) is 132 Å².